The summed E-state index contributed by atoms with van der Waals surface area (Å²) in [5.41, 5.74) is 1.74. The fourth-order valence-corrected chi connectivity index (χ4v) is 2.87. The van der Waals surface area contributed by atoms with Gasteiger partial charge in [-0.3, -0.25) is 9.78 Å². The highest BCUT2D eigenvalue weighted by Crippen LogP contribution is 2.33. The number of hydrogen-bond donors (Lipinski definition) is 1. The Morgan fingerprint density at radius 2 is 2.11 bits per heavy atom. The van der Waals surface area contributed by atoms with Crippen molar-refractivity contribution in [2.45, 2.75) is 25.2 Å². The summed E-state index contributed by atoms with van der Waals surface area (Å²) in [6, 6.07) is 9.44. The minimum atomic E-state index is -0.853. The van der Waals surface area contributed by atoms with E-state index in [1.165, 1.54) is 11.3 Å². The predicted molar refractivity (Wildman–Crippen MR) is 71.9 cm³/mol. The van der Waals surface area contributed by atoms with Crippen molar-refractivity contribution in [1.29, 1.82) is 0 Å². The molecule has 3 nitrogen and oxygen atoms in total. The summed E-state index contributed by atoms with van der Waals surface area (Å²) in [7, 11) is 0. The van der Waals surface area contributed by atoms with E-state index in [2.05, 4.69) is 4.98 Å². The van der Waals surface area contributed by atoms with Gasteiger partial charge in [0.15, 0.2) is 0 Å². The third-order valence-electron chi connectivity index (χ3n) is 3.30. The molecule has 0 saturated carbocycles. The Morgan fingerprint density at radius 1 is 1.39 bits per heavy atom. The molecule has 0 aliphatic heterocycles. The van der Waals surface area contributed by atoms with E-state index >= 15 is 0 Å². The zero-order valence-electron chi connectivity index (χ0n) is 10.2. The van der Waals surface area contributed by atoms with E-state index < -0.39 is 11.4 Å². The number of nitrogens with zero attached hydrogens (tertiary/aromatic N) is 1. The second-order valence-corrected chi connectivity index (χ2v) is 5.22. The van der Waals surface area contributed by atoms with E-state index in [4.69, 9.17) is 0 Å². The molecular formula is C14H15NO2S. The molecule has 18 heavy (non-hydrogen) atoms. The molecule has 0 radical (unpaired) electrons. The number of benzene rings is 1. The van der Waals surface area contributed by atoms with Crippen molar-refractivity contribution >= 4 is 17.3 Å². The number of aromatic nitrogens is 1. The van der Waals surface area contributed by atoms with Crippen molar-refractivity contribution in [1.82, 2.24) is 4.98 Å². The van der Waals surface area contributed by atoms with E-state index in [-0.39, 0.29) is 0 Å². The first kappa shape index (κ1) is 12.8. The Morgan fingerprint density at radius 3 is 2.61 bits per heavy atom. The summed E-state index contributed by atoms with van der Waals surface area (Å²) in [5, 5.41) is 9.66. The smallest absolute Gasteiger partial charge is 0.314 e. The molecular weight excluding hydrogens is 246 g/mol. The highest BCUT2D eigenvalue weighted by Gasteiger charge is 2.39. The highest BCUT2D eigenvalue weighted by molar-refractivity contribution is 7.09. The van der Waals surface area contributed by atoms with Gasteiger partial charge in [0.1, 0.15) is 0 Å². The lowest BCUT2D eigenvalue weighted by molar-refractivity contribution is -0.144. The molecule has 0 bridgehead atoms. The normalized spacial score (nSPS) is 14.1. The summed E-state index contributed by atoms with van der Waals surface area (Å²) >= 11 is 1.50. The van der Waals surface area contributed by atoms with Crippen LogP contribution in [0.25, 0.3) is 0 Å². The number of carboxylic acid groups (broad SMARTS) is 1. The van der Waals surface area contributed by atoms with Gasteiger partial charge in [-0.25, -0.2) is 0 Å². The zero-order chi connectivity index (χ0) is 13.0. The molecule has 1 aromatic carbocycles. The van der Waals surface area contributed by atoms with E-state index in [0.29, 0.717) is 12.8 Å². The highest BCUT2D eigenvalue weighted by atomic mass is 32.1. The largest absolute Gasteiger partial charge is 0.481 e. The summed E-state index contributed by atoms with van der Waals surface area (Å²) in [6.07, 6.45) is 2.80. The Kier molecular flexibility index (Phi) is 3.77. The minimum absolute atomic E-state index is 0.494. The van der Waals surface area contributed by atoms with Gasteiger partial charge in [-0.2, -0.15) is 0 Å². The average molecular weight is 261 g/mol. The summed E-state index contributed by atoms with van der Waals surface area (Å²) in [4.78, 5) is 16.8. The molecule has 4 heteroatoms. The third kappa shape index (κ3) is 2.29. The van der Waals surface area contributed by atoms with Gasteiger partial charge in [0.05, 0.1) is 10.9 Å². The van der Waals surface area contributed by atoms with Crippen LogP contribution in [0, 0.1) is 0 Å². The van der Waals surface area contributed by atoms with Gasteiger partial charge < -0.3 is 5.11 Å². The Balaban J connectivity index is 2.43. The molecule has 1 N–H and O–H groups in total. The molecule has 1 unspecified atom stereocenters. The van der Waals surface area contributed by atoms with Crippen LogP contribution < -0.4 is 0 Å². The van der Waals surface area contributed by atoms with Crippen LogP contribution in [0.1, 0.15) is 23.8 Å². The van der Waals surface area contributed by atoms with Crippen LogP contribution >= 0.6 is 11.3 Å². The van der Waals surface area contributed by atoms with Crippen LogP contribution in [0.3, 0.4) is 0 Å². The maximum absolute atomic E-state index is 11.8. The van der Waals surface area contributed by atoms with Crippen molar-refractivity contribution in [3.8, 4) is 0 Å². The molecule has 94 valence electrons. The van der Waals surface area contributed by atoms with Crippen molar-refractivity contribution in [2.24, 2.45) is 0 Å². The molecule has 0 spiro atoms. The van der Waals surface area contributed by atoms with Crippen LogP contribution in [0.5, 0.6) is 0 Å². The number of aliphatic carboxylic acids is 1. The summed E-state index contributed by atoms with van der Waals surface area (Å²) in [5.74, 6) is -0.774. The molecule has 1 heterocycles. The quantitative estimate of drug-likeness (QED) is 0.899. The molecule has 2 rings (SSSR count). The van der Waals surface area contributed by atoms with E-state index in [9.17, 15) is 9.90 Å². The van der Waals surface area contributed by atoms with Crippen molar-refractivity contribution in [3.63, 3.8) is 0 Å². The molecule has 0 aliphatic rings. The second-order valence-electron chi connectivity index (χ2n) is 4.25. The maximum Gasteiger partial charge on any atom is 0.314 e. The van der Waals surface area contributed by atoms with Crippen molar-refractivity contribution in [3.05, 3.63) is 52.5 Å². The van der Waals surface area contributed by atoms with E-state index in [0.717, 1.165) is 10.4 Å². The molecule has 1 aromatic heterocycles. The van der Waals surface area contributed by atoms with Gasteiger partial charge in [-0.1, -0.05) is 37.3 Å². The van der Waals surface area contributed by atoms with Gasteiger partial charge in [0.2, 0.25) is 0 Å². The Hall–Kier alpha value is -1.68. The first-order chi connectivity index (χ1) is 8.69. The monoisotopic (exact) mass is 261 g/mol. The molecule has 0 aliphatic carbocycles. The fourth-order valence-electron chi connectivity index (χ4n) is 2.17. The lowest BCUT2D eigenvalue weighted by atomic mass is 9.75. The second kappa shape index (κ2) is 5.31. The van der Waals surface area contributed by atoms with Gasteiger partial charge in [-0.05, 0) is 12.0 Å². The zero-order valence-corrected chi connectivity index (χ0v) is 11.0. The van der Waals surface area contributed by atoms with Crippen molar-refractivity contribution < 1.29 is 9.90 Å². The lowest BCUT2D eigenvalue weighted by Crippen LogP contribution is -2.37. The molecule has 0 saturated heterocycles. The number of thiazole rings is 1. The third-order valence-corrected chi connectivity index (χ3v) is 4.08. The average Bonchev–Trinajstić information content (AvgIpc) is 2.89. The standard InChI is InChI=1S/C14H15NO2S/c1-2-14(13(16)17,8-12-9-15-10-18-12)11-6-4-3-5-7-11/h3-7,9-10H,2,8H2,1H3,(H,16,17). The molecule has 1 atom stereocenters. The van der Waals surface area contributed by atoms with Crippen molar-refractivity contribution in [2.75, 3.05) is 0 Å². The van der Waals surface area contributed by atoms with E-state index in [1.807, 2.05) is 37.3 Å². The van der Waals surface area contributed by atoms with Gasteiger partial charge in [-0.15, -0.1) is 11.3 Å². The fraction of sp³-hybridized carbons (Fsp3) is 0.286. The minimum Gasteiger partial charge on any atom is -0.481 e. The van der Waals surface area contributed by atoms with Gasteiger partial charge >= 0.3 is 5.97 Å². The van der Waals surface area contributed by atoms with Crippen LogP contribution in [0.2, 0.25) is 0 Å². The first-order valence-electron chi connectivity index (χ1n) is 5.85. The number of carboxylic acids is 1. The summed E-state index contributed by atoms with van der Waals surface area (Å²) < 4.78 is 0. The predicted octanol–water partition coefficient (Wildman–Crippen LogP) is 3.12. The first-order valence-corrected chi connectivity index (χ1v) is 6.73. The van der Waals surface area contributed by atoms with Gasteiger partial charge in [0, 0.05) is 17.5 Å². The molecule has 0 amide bonds. The summed E-state index contributed by atoms with van der Waals surface area (Å²) in [6.45, 7) is 1.92. The number of carbonyl (C=O) groups is 1. The van der Waals surface area contributed by atoms with Crippen LogP contribution in [-0.2, 0) is 16.6 Å². The van der Waals surface area contributed by atoms with Gasteiger partial charge in [0.25, 0.3) is 0 Å². The van der Waals surface area contributed by atoms with Crippen LogP contribution in [0.15, 0.2) is 42.0 Å². The van der Waals surface area contributed by atoms with E-state index in [1.54, 1.807) is 11.7 Å². The van der Waals surface area contributed by atoms with Crippen LogP contribution in [-0.4, -0.2) is 16.1 Å². The Labute approximate surface area is 110 Å². The molecule has 0 fully saturated rings. The van der Waals surface area contributed by atoms with Crippen LogP contribution in [0.4, 0.5) is 0 Å². The Bertz CT molecular complexity index is 510. The lowest BCUT2D eigenvalue weighted by Gasteiger charge is -2.28. The molecule has 2 aromatic rings. The maximum atomic E-state index is 11.8. The topological polar surface area (TPSA) is 50.2 Å². The number of rotatable bonds is 5. The SMILES string of the molecule is CCC(Cc1cncs1)(C(=O)O)c1ccccc1. The number of hydrogen-bond acceptors (Lipinski definition) is 3.